The Kier molecular flexibility index (Phi) is 139. The molecule has 0 rings (SSSR count). The lowest BCUT2D eigenvalue weighted by molar-refractivity contribution is -0.156. The van der Waals surface area contributed by atoms with Crippen molar-refractivity contribution in [2.24, 2.45) is 0 Å². The van der Waals surface area contributed by atoms with Crippen molar-refractivity contribution in [2.45, 2.75) is 147 Å². The van der Waals surface area contributed by atoms with Crippen LogP contribution in [0.15, 0.2) is 0 Å². The van der Waals surface area contributed by atoms with Crippen molar-refractivity contribution >= 4 is 11.9 Å². The van der Waals surface area contributed by atoms with Gasteiger partial charge in [0.2, 0.25) is 0 Å². The lowest BCUT2D eigenvalue weighted by atomic mass is 10.2. The van der Waals surface area contributed by atoms with Crippen molar-refractivity contribution in [3.8, 4) is 0 Å². The number of aliphatic hydroxyl groups is 1. The van der Waals surface area contributed by atoms with Crippen molar-refractivity contribution < 1.29 is 24.2 Å². The molecule has 194 valence electrons. The van der Waals surface area contributed by atoms with Crippen LogP contribution in [0.5, 0.6) is 0 Å². The molecule has 0 saturated carbocycles. The summed E-state index contributed by atoms with van der Waals surface area (Å²) in [6.45, 7) is 5.92. The highest BCUT2D eigenvalue weighted by atomic mass is 16.6. The summed E-state index contributed by atoms with van der Waals surface area (Å²) < 4.78 is 10.1. The fraction of sp³-hybridized carbons (Fsp3) is 0.917. The number of aliphatic hydroxyl groups excluding tert-OH is 1. The van der Waals surface area contributed by atoms with Crippen molar-refractivity contribution in [3.05, 3.63) is 0 Å². The smallest absolute Gasteiger partial charge is 0.309 e. The van der Waals surface area contributed by atoms with Crippen LogP contribution in [0.1, 0.15) is 135 Å². The van der Waals surface area contributed by atoms with Crippen molar-refractivity contribution in [1.82, 2.24) is 0 Å². The summed E-state index contributed by atoms with van der Waals surface area (Å²) in [7, 11) is 0. The van der Waals surface area contributed by atoms with E-state index in [0.717, 1.165) is 6.42 Å². The van der Waals surface area contributed by atoms with Crippen molar-refractivity contribution in [1.29, 1.82) is 0 Å². The van der Waals surface area contributed by atoms with E-state index in [0.29, 0.717) is 19.4 Å². The minimum absolute atomic E-state index is 0. The topological polar surface area (TPSA) is 72.8 Å². The van der Waals surface area contributed by atoms with Crippen LogP contribution in [0.25, 0.3) is 0 Å². The van der Waals surface area contributed by atoms with Gasteiger partial charge in [0.1, 0.15) is 6.10 Å². The summed E-state index contributed by atoms with van der Waals surface area (Å²) in [5.41, 5.74) is 0. The van der Waals surface area contributed by atoms with Crippen LogP contribution in [0.3, 0.4) is 0 Å². The van der Waals surface area contributed by atoms with E-state index in [4.69, 9.17) is 9.47 Å². The van der Waals surface area contributed by atoms with E-state index in [1.165, 1.54) is 0 Å². The molecule has 0 amide bonds. The van der Waals surface area contributed by atoms with Gasteiger partial charge in [0.05, 0.1) is 25.6 Å². The van der Waals surface area contributed by atoms with Crippen molar-refractivity contribution in [2.75, 3.05) is 6.61 Å². The second kappa shape index (κ2) is 50.5. The Morgan fingerprint density at radius 3 is 1.41 bits per heavy atom. The molecule has 2 atom stereocenters. The van der Waals surface area contributed by atoms with E-state index in [2.05, 4.69) is 0 Å². The zero-order valence-corrected chi connectivity index (χ0v) is 11.5. The fourth-order valence-corrected chi connectivity index (χ4v) is 1.30. The predicted octanol–water partition coefficient (Wildman–Crippen LogP) is 8.81. The largest absolute Gasteiger partial charge is 0.466 e. The second-order valence-electron chi connectivity index (χ2n) is 4.21. The molecule has 0 saturated heterocycles. The fourth-order valence-electron chi connectivity index (χ4n) is 1.30. The first-order valence-electron chi connectivity index (χ1n) is 6.56. The standard InChI is InChI=1S/C13H24O5.11CH4/c1-4-7-17-12(15)9-11(6-3)18-13(16)8-10(14)5-2;;;;;;;;;;;/h10-11,14H,4-9H2,1-3H3;11*1H4. The van der Waals surface area contributed by atoms with Gasteiger partial charge in [0.15, 0.2) is 0 Å². The van der Waals surface area contributed by atoms with Crippen LogP contribution < -0.4 is 0 Å². The van der Waals surface area contributed by atoms with Gasteiger partial charge in [-0.25, -0.2) is 0 Å². The molecule has 1 N–H and O–H groups in total. The number of hydrogen-bond donors (Lipinski definition) is 1. The Labute approximate surface area is 190 Å². The molecule has 0 aliphatic carbocycles. The lowest BCUT2D eigenvalue weighted by Crippen LogP contribution is -2.24. The Hall–Kier alpha value is -1.10. The Morgan fingerprint density at radius 1 is 0.690 bits per heavy atom. The van der Waals surface area contributed by atoms with Crippen LogP contribution in [0, 0.1) is 0 Å². The molecular weight excluding hydrogens is 368 g/mol. The van der Waals surface area contributed by atoms with Gasteiger partial charge in [-0.3, -0.25) is 9.59 Å². The van der Waals surface area contributed by atoms with Crippen molar-refractivity contribution in [3.63, 3.8) is 0 Å². The van der Waals surface area contributed by atoms with Gasteiger partial charge < -0.3 is 14.6 Å². The zero-order chi connectivity index (χ0) is 14.0. The quantitative estimate of drug-likeness (QED) is 0.365. The van der Waals surface area contributed by atoms with E-state index < -0.39 is 18.2 Å². The number of hydrogen-bond acceptors (Lipinski definition) is 5. The zero-order valence-electron chi connectivity index (χ0n) is 11.5. The van der Waals surface area contributed by atoms with Crippen LogP contribution in [0.4, 0.5) is 0 Å². The van der Waals surface area contributed by atoms with E-state index in [1.807, 2.05) is 13.8 Å². The average Bonchev–Trinajstić information content (AvgIpc) is 2.35. The SMILES string of the molecule is C.C.C.C.C.C.C.C.C.C.C.CCCOC(=O)CC(CC)OC(=O)CC(O)CC. The maximum atomic E-state index is 11.4. The summed E-state index contributed by atoms with van der Waals surface area (Å²) in [6.07, 6.45) is 0.722. The Morgan fingerprint density at radius 2 is 1.10 bits per heavy atom. The number of esters is 2. The van der Waals surface area contributed by atoms with Crippen LogP contribution in [-0.4, -0.2) is 35.9 Å². The number of carbonyl (C=O) groups excluding carboxylic acids is 2. The molecule has 2 unspecified atom stereocenters. The van der Waals surface area contributed by atoms with Gasteiger partial charge >= 0.3 is 11.9 Å². The molecule has 0 aromatic heterocycles. The van der Waals surface area contributed by atoms with Gasteiger partial charge in [-0.2, -0.15) is 0 Å². The Bertz CT molecular complexity index is 256. The minimum atomic E-state index is -0.679. The molecule has 0 aromatic carbocycles. The molecular formula is C24H68O5. The van der Waals surface area contributed by atoms with Crippen LogP contribution >= 0.6 is 0 Å². The molecule has 0 heterocycles. The number of ether oxygens (including phenoxy) is 2. The first kappa shape index (κ1) is 79.9. The van der Waals surface area contributed by atoms with Gasteiger partial charge in [-0.05, 0) is 19.3 Å². The van der Waals surface area contributed by atoms with Crippen LogP contribution in [-0.2, 0) is 19.1 Å². The third-order valence-electron chi connectivity index (χ3n) is 2.49. The molecule has 5 nitrogen and oxygen atoms in total. The average molecular weight is 437 g/mol. The van der Waals surface area contributed by atoms with Crippen LogP contribution in [0.2, 0.25) is 0 Å². The lowest BCUT2D eigenvalue weighted by Gasteiger charge is -2.16. The summed E-state index contributed by atoms with van der Waals surface area (Å²) in [4.78, 5) is 22.8. The molecule has 29 heavy (non-hydrogen) atoms. The first-order valence-corrected chi connectivity index (χ1v) is 6.56. The summed E-state index contributed by atoms with van der Waals surface area (Å²) in [5.74, 6) is -0.827. The number of carbonyl (C=O) groups is 2. The highest BCUT2D eigenvalue weighted by molar-refractivity contribution is 5.72. The van der Waals surface area contributed by atoms with E-state index in [1.54, 1.807) is 6.92 Å². The monoisotopic (exact) mass is 437 g/mol. The molecule has 0 aromatic rings. The molecule has 5 heteroatoms. The van der Waals surface area contributed by atoms with E-state index in [9.17, 15) is 14.7 Å². The summed E-state index contributed by atoms with van der Waals surface area (Å²) in [5, 5.41) is 9.32. The van der Waals surface area contributed by atoms with Gasteiger partial charge in [-0.15, -0.1) is 0 Å². The summed E-state index contributed by atoms with van der Waals surface area (Å²) >= 11 is 0. The third-order valence-corrected chi connectivity index (χ3v) is 2.49. The highest BCUT2D eigenvalue weighted by Gasteiger charge is 2.19. The Balaban J connectivity index is -0.0000000263. The van der Waals surface area contributed by atoms with Gasteiger partial charge in [0, 0.05) is 0 Å². The maximum Gasteiger partial charge on any atom is 0.309 e. The molecule has 0 aliphatic heterocycles. The van der Waals surface area contributed by atoms with E-state index in [-0.39, 0.29) is 101 Å². The molecule has 0 bridgehead atoms. The van der Waals surface area contributed by atoms with Gasteiger partial charge in [-0.1, -0.05) is 102 Å². The number of rotatable bonds is 9. The normalized spacial score (nSPS) is 8.55. The molecule has 0 spiro atoms. The predicted molar refractivity (Wildman–Crippen MR) is 141 cm³/mol. The first-order chi connectivity index (χ1) is 8.53. The minimum Gasteiger partial charge on any atom is -0.466 e. The molecule has 0 radical (unpaired) electrons. The summed E-state index contributed by atoms with van der Waals surface area (Å²) in [6, 6.07) is 0. The maximum absolute atomic E-state index is 11.4. The highest BCUT2D eigenvalue weighted by Crippen LogP contribution is 2.08. The second-order valence-corrected chi connectivity index (χ2v) is 4.21. The van der Waals surface area contributed by atoms with Gasteiger partial charge in [0.25, 0.3) is 0 Å². The molecule has 0 fully saturated rings. The van der Waals surface area contributed by atoms with E-state index >= 15 is 0 Å². The molecule has 0 aliphatic rings. The third kappa shape index (κ3) is 46.7.